The number of amides is 1. The zero-order valence-electron chi connectivity index (χ0n) is 17.8. The number of carbonyl (C=O) groups is 2. The number of carbonyl (C=O) groups excluding carboxylic acids is 2. The molecule has 0 N–H and O–H groups in total. The van der Waals surface area contributed by atoms with Crippen LogP contribution in [0.1, 0.15) is 26.3 Å². The van der Waals surface area contributed by atoms with Crippen molar-refractivity contribution in [3.05, 3.63) is 66.2 Å². The largest absolute Gasteiger partial charge is 0.465 e. The molecule has 2 aromatic carbocycles. The first-order valence-corrected chi connectivity index (χ1v) is 11.8. The first-order chi connectivity index (χ1) is 14.8. The van der Waals surface area contributed by atoms with Crippen LogP contribution in [0.3, 0.4) is 0 Å². The fourth-order valence-electron chi connectivity index (χ4n) is 3.80. The zero-order chi connectivity index (χ0) is 22.6. The molecule has 0 radical (unpaired) electrons. The third kappa shape index (κ3) is 4.74. The van der Waals surface area contributed by atoms with Crippen LogP contribution in [0.15, 0.2) is 65.6 Å². The second kappa shape index (κ2) is 9.51. The Hall–Kier alpha value is -2.87. The Balaban J connectivity index is 2.12. The monoisotopic (exact) mass is 445 g/mol. The number of hydrogen-bond acceptors (Lipinski definition) is 6. The molecule has 1 amide bonds. The van der Waals surface area contributed by atoms with Gasteiger partial charge in [0.25, 0.3) is 0 Å². The van der Waals surface area contributed by atoms with Gasteiger partial charge in [0, 0.05) is 6.54 Å². The number of esters is 1. The highest BCUT2D eigenvalue weighted by Gasteiger charge is 2.55. The van der Waals surface area contributed by atoms with E-state index in [-0.39, 0.29) is 24.0 Å². The van der Waals surface area contributed by atoms with E-state index in [4.69, 9.17) is 9.47 Å². The van der Waals surface area contributed by atoms with Crippen molar-refractivity contribution >= 4 is 21.9 Å². The molecule has 0 bridgehead atoms. The molecular weight excluding hydrogens is 418 g/mol. The molecule has 1 saturated heterocycles. The Labute approximate surface area is 182 Å². The van der Waals surface area contributed by atoms with Crippen molar-refractivity contribution in [2.45, 2.75) is 49.6 Å². The summed E-state index contributed by atoms with van der Waals surface area (Å²) in [6, 6.07) is 15.9. The molecule has 1 heterocycles. The lowest BCUT2D eigenvalue weighted by molar-refractivity contribution is -0.144. The fourth-order valence-corrected chi connectivity index (χ4v) is 5.62. The Kier molecular flexibility index (Phi) is 7.00. The standard InChI is InChI=1S/C23H27NO6S/c1-4-29-22(25)21(31(27,28)18-13-9-6-10-14-18)19-20(16(2)3)30-23(26)24(19)15-17-11-7-5-8-12-17/h5-14,16,19-21H,4,15H2,1-3H3/t19-,20+,21?/m1/s1. The van der Waals surface area contributed by atoms with Gasteiger partial charge in [0.1, 0.15) is 12.1 Å². The zero-order valence-corrected chi connectivity index (χ0v) is 18.6. The Morgan fingerprint density at radius 2 is 1.65 bits per heavy atom. The number of nitrogens with zero attached hydrogens (tertiary/aromatic N) is 1. The lowest BCUT2D eigenvalue weighted by atomic mass is 9.96. The van der Waals surface area contributed by atoms with Gasteiger partial charge in [-0.1, -0.05) is 62.4 Å². The molecule has 3 rings (SSSR count). The van der Waals surface area contributed by atoms with E-state index in [9.17, 15) is 18.0 Å². The van der Waals surface area contributed by atoms with Crippen molar-refractivity contribution in [2.75, 3.05) is 6.61 Å². The number of cyclic esters (lactones) is 1. The van der Waals surface area contributed by atoms with E-state index in [0.29, 0.717) is 0 Å². The van der Waals surface area contributed by atoms with Gasteiger partial charge >= 0.3 is 12.1 Å². The van der Waals surface area contributed by atoms with Crippen LogP contribution in [-0.2, 0) is 30.7 Å². The van der Waals surface area contributed by atoms with Gasteiger partial charge in [-0.15, -0.1) is 0 Å². The number of ether oxygens (including phenoxy) is 2. The highest BCUT2D eigenvalue weighted by molar-refractivity contribution is 7.92. The summed E-state index contributed by atoms with van der Waals surface area (Å²) in [5.74, 6) is -1.10. The van der Waals surface area contributed by atoms with Crippen molar-refractivity contribution in [3.8, 4) is 0 Å². The molecule has 166 valence electrons. The fraction of sp³-hybridized carbons (Fsp3) is 0.391. The Morgan fingerprint density at radius 3 is 2.19 bits per heavy atom. The van der Waals surface area contributed by atoms with Crippen LogP contribution >= 0.6 is 0 Å². The molecule has 8 heteroatoms. The van der Waals surface area contributed by atoms with Gasteiger partial charge in [0.2, 0.25) is 0 Å². The average Bonchev–Trinajstić information content (AvgIpc) is 3.06. The van der Waals surface area contributed by atoms with Crippen LogP contribution in [-0.4, -0.2) is 49.4 Å². The summed E-state index contributed by atoms with van der Waals surface area (Å²) in [6.07, 6.45) is -1.44. The van der Waals surface area contributed by atoms with Gasteiger partial charge in [-0.2, -0.15) is 0 Å². The summed E-state index contributed by atoms with van der Waals surface area (Å²) in [6.45, 7) is 5.41. The van der Waals surface area contributed by atoms with Crippen LogP contribution in [0.25, 0.3) is 0 Å². The minimum Gasteiger partial charge on any atom is -0.465 e. The Bertz CT molecular complexity index is 1010. The van der Waals surface area contributed by atoms with E-state index in [1.54, 1.807) is 25.1 Å². The molecule has 1 aliphatic heterocycles. The minimum atomic E-state index is -4.17. The number of benzene rings is 2. The van der Waals surface area contributed by atoms with E-state index >= 15 is 0 Å². The smallest absolute Gasteiger partial charge is 0.410 e. The number of rotatable bonds is 8. The maximum Gasteiger partial charge on any atom is 0.410 e. The quantitative estimate of drug-likeness (QED) is 0.578. The molecule has 2 aromatic rings. The first kappa shape index (κ1) is 22.8. The highest BCUT2D eigenvalue weighted by Crippen LogP contribution is 2.34. The van der Waals surface area contributed by atoms with Crippen molar-refractivity contribution in [1.82, 2.24) is 4.90 Å². The highest BCUT2D eigenvalue weighted by atomic mass is 32.2. The number of sulfone groups is 1. The second-order valence-electron chi connectivity index (χ2n) is 7.73. The second-order valence-corrected chi connectivity index (χ2v) is 9.80. The van der Waals surface area contributed by atoms with Gasteiger partial charge < -0.3 is 9.47 Å². The predicted molar refractivity (Wildman–Crippen MR) is 115 cm³/mol. The summed E-state index contributed by atoms with van der Waals surface area (Å²) in [5, 5.41) is -1.61. The van der Waals surface area contributed by atoms with Crippen molar-refractivity contribution < 1.29 is 27.5 Å². The summed E-state index contributed by atoms with van der Waals surface area (Å²) in [7, 11) is -4.17. The molecule has 1 aliphatic rings. The lowest BCUT2D eigenvalue weighted by Crippen LogP contribution is -2.54. The van der Waals surface area contributed by atoms with Crippen molar-refractivity contribution in [3.63, 3.8) is 0 Å². The predicted octanol–water partition coefficient (Wildman–Crippen LogP) is 3.44. The molecule has 1 fully saturated rings. The molecule has 0 aliphatic carbocycles. The van der Waals surface area contributed by atoms with Crippen LogP contribution < -0.4 is 0 Å². The maximum atomic E-state index is 13.6. The van der Waals surface area contributed by atoms with E-state index in [1.807, 2.05) is 44.2 Å². The van der Waals surface area contributed by atoms with E-state index in [0.717, 1.165) is 5.56 Å². The molecule has 0 spiro atoms. The van der Waals surface area contributed by atoms with Crippen LogP contribution in [0.2, 0.25) is 0 Å². The third-order valence-electron chi connectivity index (χ3n) is 5.26. The number of hydrogen-bond donors (Lipinski definition) is 0. The molecule has 0 aromatic heterocycles. The van der Waals surface area contributed by atoms with Gasteiger partial charge in [0.15, 0.2) is 15.1 Å². The summed E-state index contributed by atoms with van der Waals surface area (Å²) < 4.78 is 38.0. The molecule has 7 nitrogen and oxygen atoms in total. The molecule has 31 heavy (non-hydrogen) atoms. The summed E-state index contributed by atoms with van der Waals surface area (Å²) >= 11 is 0. The van der Waals surface area contributed by atoms with Crippen molar-refractivity contribution in [1.29, 1.82) is 0 Å². The van der Waals surface area contributed by atoms with E-state index in [2.05, 4.69) is 0 Å². The van der Waals surface area contributed by atoms with Gasteiger partial charge in [0.05, 0.1) is 11.5 Å². The molecule has 0 saturated carbocycles. The first-order valence-electron chi connectivity index (χ1n) is 10.2. The molecule has 3 atom stereocenters. The van der Waals surface area contributed by atoms with E-state index < -0.39 is 39.3 Å². The van der Waals surface area contributed by atoms with Crippen LogP contribution in [0, 0.1) is 5.92 Å². The van der Waals surface area contributed by atoms with Crippen LogP contribution in [0.5, 0.6) is 0 Å². The van der Waals surface area contributed by atoms with Gasteiger partial charge in [-0.05, 0) is 30.5 Å². The summed E-state index contributed by atoms with van der Waals surface area (Å²) in [5.41, 5.74) is 0.800. The maximum absolute atomic E-state index is 13.6. The van der Waals surface area contributed by atoms with Crippen LogP contribution in [0.4, 0.5) is 4.79 Å². The minimum absolute atomic E-state index is 0.00503. The lowest BCUT2D eigenvalue weighted by Gasteiger charge is -2.31. The SMILES string of the molecule is CCOC(=O)C([C@H]1[C@H](C(C)C)OC(=O)N1Cc1ccccc1)S(=O)(=O)c1ccccc1. The normalized spacial score (nSPS) is 19.9. The third-order valence-corrected chi connectivity index (χ3v) is 7.32. The topological polar surface area (TPSA) is 90.0 Å². The molecule has 1 unspecified atom stereocenters. The van der Waals surface area contributed by atoms with Gasteiger partial charge in [-0.25, -0.2) is 13.2 Å². The Morgan fingerprint density at radius 1 is 1.06 bits per heavy atom. The molecular formula is C23H27NO6S. The summed E-state index contributed by atoms with van der Waals surface area (Å²) in [4.78, 5) is 27.2. The average molecular weight is 446 g/mol. The van der Waals surface area contributed by atoms with E-state index in [1.165, 1.54) is 17.0 Å². The van der Waals surface area contributed by atoms with Gasteiger partial charge in [-0.3, -0.25) is 9.69 Å². The van der Waals surface area contributed by atoms with Crippen molar-refractivity contribution in [2.24, 2.45) is 5.92 Å².